The molecule has 1 aromatic heterocycles. The summed E-state index contributed by atoms with van der Waals surface area (Å²) in [5.74, 6) is 1.76. The fourth-order valence-corrected chi connectivity index (χ4v) is 1.88. The van der Waals surface area contributed by atoms with Crippen molar-refractivity contribution in [3.8, 4) is 5.75 Å². The van der Waals surface area contributed by atoms with Gasteiger partial charge in [0.05, 0.1) is 13.4 Å². The summed E-state index contributed by atoms with van der Waals surface area (Å²) in [5, 5.41) is 0. The second-order valence-corrected chi connectivity index (χ2v) is 4.11. The van der Waals surface area contributed by atoms with E-state index in [0.29, 0.717) is 0 Å². The van der Waals surface area contributed by atoms with E-state index >= 15 is 0 Å². The fourth-order valence-electron chi connectivity index (χ4n) is 1.88. The van der Waals surface area contributed by atoms with E-state index in [2.05, 4.69) is 0 Å². The summed E-state index contributed by atoms with van der Waals surface area (Å²) in [4.78, 5) is 0. The van der Waals surface area contributed by atoms with Gasteiger partial charge in [-0.2, -0.15) is 0 Å². The largest absolute Gasteiger partial charge is 0.496 e. The molecule has 0 fully saturated rings. The third kappa shape index (κ3) is 2.68. The predicted octanol–water partition coefficient (Wildman–Crippen LogP) is 2.84. The molecule has 1 atom stereocenters. The summed E-state index contributed by atoms with van der Waals surface area (Å²) < 4.78 is 10.6. The molecule has 1 unspecified atom stereocenters. The fraction of sp³-hybridized carbons (Fsp3) is 0.286. The van der Waals surface area contributed by atoms with E-state index in [1.807, 2.05) is 37.3 Å². The van der Waals surface area contributed by atoms with Gasteiger partial charge in [-0.3, -0.25) is 0 Å². The van der Waals surface area contributed by atoms with Crippen LogP contribution in [0.4, 0.5) is 0 Å². The van der Waals surface area contributed by atoms with Crippen molar-refractivity contribution in [3.63, 3.8) is 0 Å². The van der Waals surface area contributed by atoms with Gasteiger partial charge in [0.25, 0.3) is 0 Å². The molecule has 0 saturated heterocycles. The number of hydrogen-bond donors (Lipinski definition) is 1. The lowest BCUT2D eigenvalue weighted by molar-refractivity contribution is 0.408. The Kier molecular flexibility index (Phi) is 3.49. The summed E-state index contributed by atoms with van der Waals surface area (Å²) in [6.45, 7) is 1.92. The Labute approximate surface area is 101 Å². The van der Waals surface area contributed by atoms with Crippen LogP contribution in [-0.4, -0.2) is 7.11 Å². The topological polar surface area (TPSA) is 48.4 Å². The van der Waals surface area contributed by atoms with Crippen LogP contribution in [0.15, 0.2) is 41.0 Å². The van der Waals surface area contributed by atoms with Gasteiger partial charge >= 0.3 is 0 Å². The second kappa shape index (κ2) is 5.06. The van der Waals surface area contributed by atoms with Crippen molar-refractivity contribution in [3.05, 3.63) is 53.5 Å². The summed E-state index contributed by atoms with van der Waals surface area (Å²) in [6.07, 6.45) is 2.46. The average molecular weight is 231 g/mol. The van der Waals surface area contributed by atoms with E-state index < -0.39 is 0 Å². The van der Waals surface area contributed by atoms with Gasteiger partial charge in [0.1, 0.15) is 11.5 Å². The molecular weight excluding hydrogens is 214 g/mol. The second-order valence-electron chi connectivity index (χ2n) is 4.11. The first kappa shape index (κ1) is 11.7. The van der Waals surface area contributed by atoms with Crippen LogP contribution in [0.25, 0.3) is 0 Å². The molecule has 0 aliphatic carbocycles. The Hall–Kier alpha value is -1.74. The van der Waals surface area contributed by atoms with Crippen LogP contribution in [-0.2, 0) is 6.42 Å². The van der Waals surface area contributed by atoms with Gasteiger partial charge in [-0.25, -0.2) is 0 Å². The molecule has 17 heavy (non-hydrogen) atoms. The number of hydrogen-bond acceptors (Lipinski definition) is 3. The molecule has 0 bridgehead atoms. The number of nitrogens with two attached hydrogens (primary N) is 1. The zero-order valence-corrected chi connectivity index (χ0v) is 10.1. The van der Waals surface area contributed by atoms with E-state index in [1.165, 1.54) is 0 Å². The molecule has 0 saturated carbocycles. The van der Waals surface area contributed by atoms with Crippen LogP contribution in [0.5, 0.6) is 5.75 Å². The van der Waals surface area contributed by atoms with Crippen LogP contribution in [0.1, 0.15) is 22.9 Å². The van der Waals surface area contributed by atoms with Crippen LogP contribution >= 0.6 is 0 Å². The number of aryl methyl sites for hydroxylation is 1. The van der Waals surface area contributed by atoms with Gasteiger partial charge < -0.3 is 14.9 Å². The minimum atomic E-state index is -0.0660. The number of furan rings is 1. The lowest BCUT2D eigenvalue weighted by Crippen LogP contribution is -2.13. The highest BCUT2D eigenvalue weighted by molar-refractivity contribution is 5.35. The summed E-state index contributed by atoms with van der Waals surface area (Å²) >= 11 is 0. The van der Waals surface area contributed by atoms with Gasteiger partial charge in [0, 0.05) is 11.6 Å². The molecule has 90 valence electrons. The van der Waals surface area contributed by atoms with Crippen molar-refractivity contribution in [2.24, 2.45) is 5.73 Å². The Morgan fingerprint density at radius 3 is 2.76 bits per heavy atom. The average Bonchev–Trinajstić information content (AvgIpc) is 2.77. The van der Waals surface area contributed by atoms with Gasteiger partial charge in [0.15, 0.2) is 0 Å². The highest BCUT2D eigenvalue weighted by Gasteiger charge is 2.12. The predicted molar refractivity (Wildman–Crippen MR) is 67.1 cm³/mol. The lowest BCUT2D eigenvalue weighted by atomic mass is 10.0. The number of methoxy groups -OCH3 is 1. The maximum absolute atomic E-state index is 6.15. The first-order valence-electron chi connectivity index (χ1n) is 5.63. The van der Waals surface area contributed by atoms with E-state index in [4.69, 9.17) is 14.9 Å². The lowest BCUT2D eigenvalue weighted by Gasteiger charge is -2.12. The highest BCUT2D eigenvalue weighted by atomic mass is 16.5. The molecule has 2 rings (SSSR count). The molecule has 1 aromatic carbocycles. The molecule has 0 aliphatic heterocycles. The quantitative estimate of drug-likeness (QED) is 0.880. The molecule has 3 nitrogen and oxygen atoms in total. The van der Waals surface area contributed by atoms with Crippen LogP contribution < -0.4 is 10.5 Å². The first-order chi connectivity index (χ1) is 8.20. The van der Waals surface area contributed by atoms with Gasteiger partial charge in [-0.15, -0.1) is 0 Å². The molecule has 2 aromatic rings. The Morgan fingerprint density at radius 1 is 1.35 bits per heavy atom. The van der Waals surface area contributed by atoms with Gasteiger partial charge in [-0.05, 0) is 31.0 Å². The molecule has 0 radical (unpaired) electrons. The number of ether oxygens (including phenoxy) is 1. The monoisotopic (exact) mass is 231 g/mol. The zero-order valence-electron chi connectivity index (χ0n) is 10.1. The Balaban J connectivity index is 2.15. The summed E-state index contributed by atoms with van der Waals surface area (Å²) in [6, 6.07) is 9.83. The highest BCUT2D eigenvalue weighted by Crippen LogP contribution is 2.24. The molecule has 3 heteroatoms. The van der Waals surface area contributed by atoms with Crippen molar-refractivity contribution < 1.29 is 9.15 Å². The van der Waals surface area contributed by atoms with E-state index in [-0.39, 0.29) is 6.04 Å². The Morgan fingerprint density at radius 2 is 2.12 bits per heavy atom. The molecule has 0 aliphatic rings. The van der Waals surface area contributed by atoms with E-state index in [9.17, 15) is 0 Å². The maximum Gasteiger partial charge on any atom is 0.122 e. The molecule has 0 amide bonds. The number of para-hydroxylation sites is 1. The normalized spacial score (nSPS) is 12.4. The van der Waals surface area contributed by atoms with Crippen LogP contribution in [0, 0.1) is 6.92 Å². The summed E-state index contributed by atoms with van der Waals surface area (Å²) in [5.41, 5.74) is 8.28. The molecular formula is C14H17NO2. The Bertz CT molecular complexity index is 490. The van der Waals surface area contributed by atoms with Crippen LogP contribution in [0.2, 0.25) is 0 Å². The van der Waals surface area contributed by atoms with Crippen LogP contribution in [0.3, 0.4) is 0 Å². The van der Waals surface area contributed by atoms with E-state index in [1.54, 1.807) is 13.4 Å². The molecule has 2 N–H and O–H groups in total. The van der Waals surface area contributed by atoms with Crippen molar-refractivity contribution in [1.82, 2.24) is 0 Å². The standard InChI is InChI=1S/C14H17NO2/c1-10-7-12(9-17-10)13(15)8-11-5-3-4-6-14(11)16-2/h3-7,9,13H,8,15H2,1-2H3. The molecule has 1 heterocycles. The first-order valence-corrected chi connectivity index (χ1v) is 5.63. The minimum absolute atomic E-state index is 0.0660. The smallest absolute Gasteiger partial charge is 0.122 e. The van der Waals surface area contributed by atoms with Crippen molar-refractivity contribution >= 4 is 0 Å². The van der Waals surface area contributed by atoms with E-state index in [0.717, 1.165) is 29.1 Å². The summed E-state index contributed by atoms with van der Waals surface area (Å²) in [7, 11) is 1.67. The zero-order chi connectivity index (χ0) is 12.3. The number of benzene rings is 1. The third-order valence-corrected chi connectivity index (χ3v) is 2.81. The van der Waals surface area contributed by atoms with Gasteiger partial charge in [-0.1, -0.05) is 18.2 Å². The molecule has 0 spiro atoms. The SMILES string of the molecule is COc1ccccc1CC(N)c1coc(C)c1. The van der Waals surface area contributed by atoms with Gasteiger partial charge in [0.2, 0.25) is 0 Å². The minimum Gasteiger partial charge on any atom is -0.496 e. The maximum atomic E-state index is 6.15. The van der Waals surface area contributed by atoms with Crippen molar-refractivity contribution in [1.29, 1.82) is 0 Å². The van der Waals surface area contributed by atoms with Crippen molar-refractivity contribution in [2.75, 3.05) is 7.11 Å². The van der Waals surface area contributed by atoms with Crippen molar-refractivity contribution in [2.45, 2.75) is 19.4 Å². The third-order valence-electron chi connectivity index (χ3n) is 2.81. The number of rotatable bonds is 4.